The van der Waals surface area contributed by atoms with Crippen molar-refractivity contribution in [1.29, 1.82) is 5.39 Å². The fourth-order valence-corrected chi connectivity index (χ4v) is 2.30. The molecule has 0 atom stereocenters. The van der Waals surface area contributed by atoms with Crippen LogP contribution < -0.4 is 5.11 Å². The van der Waals surface area contributed by atoms with E-state index in [1.54, 1.807) is 0 Å². The monoisotopic (exact) mass is 249 g/mol. The summed E-state index contributed by atoms with van der Waals surface area (Å²) in [4.78, 5) is 2.13. The van der Waals surface area contributed by atoms with E-state index in [2.05, 4.69) is 4.98 Å². The Balaban J connectivity index is 3.03. The second kappa shape index (κ2) is 3.69. The molecule has 0 saturated heterocycles. The van der Waals surface area contributed by atoms with Gasteiger partial charge in [-0.05, 0) is 28.7 Å². The smallest absolute Gasteiger partial charge is 0.378 e. The topological polar surface area (TPSA) is 108 Å². The van der Waals surface area contributed by atoms with Gasteiger partial charge in [-0.3, -0.25) is 0 Å². The van der Waals surface area contributed by atoms with Crippen LogP contribution in [-0.2, 0) is 10.1 Å². The lowest BCUT2D eigenvalue weighted by Gasteiger charge is -2.14. The third-order valence-corrected chi connectivity index (χ3v) is 3.19. The molecule has 2 aromatic rings. The van der Waals surface area contributed by atoms with Crippen LogP contribution >= 0.6 is 0 Å². The zero-order valence-electron chi connectivity index (χ0n) is 8.32. The molecule has 0 heterocycles. The van der Waals surface area contributed by atoms with E-state index in [0.717, 1.165) is 6.07 Å². The summed E-state index contributed by atoms with van der Waals surface area (Å²) in [6.07, 6.45) is 0. The molecular formula is C10H5N2O4S-. The second-order valence-corrected chi connectivity index (χ2v) is 4.67. The second-order valence-electron chi connectivity index (χ2n) is 3.32. The van der Waals surface area contributed by atoms with Crippen LogP contribution in [0.4, 0.5) is 5.69 Å². The van der Waals surface area contributed by atoms with Crippen LogP contribution in [0, 0.1) is 5.39 Å². The molecule has 6 nitrogen and oxygen atoms in total. The molecule has 0 amide bonds. The Morgan fingerprint density at radius 2 is 1.88 bits per heavy atom. The molecule has 0 fully saturated rings. The van der Waals surface area contributed by atoms with Crippen molar-refractivity contribution in [3.63, 3.8) is 0 Å². The number of fused-ring (bicyclic) bond motifs is 1. The Bertz CT molecular complexity index is 747. The van der Waals surface area contributed by atoms with E-state index in [9.17, 15) is 18.1 Å². The summed E-state index contributed by atoms with van der Waals surface area (Å²) in [5.41, 5.74) is -0.311. The summed E-state index contributed by atoms with van der Waals surface area (Å²) in [7, 11) is -4.75. The van der Waals surface area contributed by atoms with Crippen molar-refractivity contribution >= 4 is 26.6 Å². The summed E-state index contributed by atoms with van der Waals surface area (Å²) in [6, 6.07) is 6.55. The van der Waals surface area contributed by atoms with Crippen molar-refractivity contribution in [2.24, 2.45) is 0 Å². The first-order chi connectivity index (χ1) is 7.95. The van der Waals surface area contributed by atoms with Gasteiger partial charge in [0.25, 0.3) is 0 Å². The lowest BCUT2D eigenvalue weighted by atomic mass is 10.1. The van der Waals surface area contributed by atoms with E-state index in [1.807, 2.05) is 0 Å². The lowest BCUT2D eigenvalue weighted by molar-refractivity contribution is -0.264. The largest absolute Gasteiger partial charge is 0.867 e. The molecule has 0 bridgehead atoms. The van der Waals surface area contributed by atoms with Crippen LogP contribution in [0.15, 0.2) is 35.2 Å². The minimum Gasteiger partial charge on any atom is -0.867 e. The van der Waals surface area contributed by atoms with Gasteiger partial charge >= 0.3 is 5.69 Å². The minimum absolute atomic E-state index is 0.252. The quantitative estimate of drug-likeness (QED) is 0.559. The van der Waals surface area contributed by atoms with E-state index in [4.69, 9.17) is 5.39 Å². The molecule has 7 heteroatoms. The predicted octanol–water partition coefficient (Wildman–Crippen LogP) is 1.30. The van der Waals surface area contributed by atoms with Crippen molar-refractivity contribution in [1.82, 2.24) is 0 Å². The van der Waals surface area contributed by atoms with Crippen LogP contribution in [0.2, 0.25) is 0 Å². The summed E-state index contributed by atoms with van der Waals surface area (Å²) in [6.45, 7) is 0. The third-order valence-electron chi connectivity index (χ3n) is 2.32. The maximum atomic E-state index is 11.8. The average molecular weight is 249 g/mol. The number of nitrogens with zero attached hydrogens (tertiary/aromatic N) is 2. The number of diazo groups is 1. The summed E-state index contributed by atoms with van der Waals surface area (Å²) in [5.74, 6) is -0.792. The number of hydrogen-bond donors (Lipinski definition) is 0. The summed E-state index contributed by atoms with van der Waals surface area (Å²) < 4.78 is 33.0. The highest BCUT2D eigenvalue weighted by molar-refractivity contribution is 7.86. The van der Waals surface area contributed by atoms with Gasteiger partial charge in [0.15, 0.2) is 4.98 Å². The van der Waals surface area contributed by atoms with E-state index in [-0.39, 0.29) is 11.1 Å². The molecule has 0 aliphatic heterocycles. The Morgan fingerprint density at radius 3 is 2.47 bits per heavy atom. The molecule has 17 heavy (non-hydrogen) atoms. The van der Waals surface area contributed by atoms with Crippen molar-refractivity contribution < 1.29 is 18.1 Å². The van der Waals surface area contributed by atoms with Crippen molar-refractivity contribution in [3.8, 4) is 5.75 Å². The molecule has 86 valence electrons. The van der Waals surface area contributed by atoms with Crippen LogP contribution in [0.1, 0.15) is 0 Å². The van der Waals surface area contributed by atoms with Gasteiger partial charge in [-0.2, -0.15) is 0 Å². The summed E-state index contributed by atoms with van der Waals surface area (Å²) in [5, 5.41) is 20.4. The molecule has 0 radical (unpaired) electrons. The maximum Gasteiger partial charge on any atom is 0.378 e. The van der Waals surface area contributed by atoms with Crippen LogP contribution in [0.3, 0.4) is 0 Å². The van der Waals surface area contributed by atoms with Gasteiger partial charge in [0.2, 0.25) is 5.39 Å². The van der Waals surface area contributed by atoms with Gasteiger partial charge in [0.1, 0.15) is 10.1 Å². The minimum atomic E-state index is -4.75. The SMILES string of the molecule is N#[N+]c1ccc2cccc(S(=O)(=O)[O-])c2c1[O-]. The molecule has 0 spiro atoms. The van der Waals surface area contributed by atoms with Gasteiger partial charge < -0.3 is 9.66 Å². The highest BCUT2D eigenvalue weighted by atomic mass is 32.2. The fraction of sp³-hybridized carbons (Fsp3) is 0. The highest BCUT2D eigenvalue weighted by Crippen LogP contribution is 2.36. The normalized spacial score (nSPS) is 11.3. The number of rotatable bonds is 1. The van der Waals surface area contributed by atoms with E-state index in [1.165, 1.54) is 24.3 Å². The molecule has 0 N–H and O–H groups in total. The van der Waals surface area contributed by atoms with Crippen molar-refractivity contribution in [3.05, 3.63) is 35.3 Å². The average Bonchev–Trinajstić information content (AvgIpc) is 2.28. The molecule has 0 unspecified atom stereocenters. The highest BCUT2D eigenvalue weighted by Gasteiger charge is 2.14. The predicted molar refractivity (Wildman–Crippen MR) is 56.1 cm³/mol. The number of benzene rings is 2. The Hall–Kier alpha value is -2.17. The van der Waals surface area contributed by atoms with Gasteiger partial charge in [-0.1, -0.05) is 12.1 Å². The first-order valence-corrected chi connectivity index (χ1v) is 5.89. The zero-order chi connectivity index (χ0) is 12.6. The zero-order valence-corrected chi connectivity index (χ0v) is 9.14. The van der Waals surface area contributed by atoms with Crippen LogP contribution in [-0.4, -0.2) is 13.0 Å². The molecule has 0 aromatic heterocycles. The van der Waals surface area contributed by atoms with Gasteiger partial charge in [-0.15, -0.1) is 0 Å². The Kier molecular flexibility index (Phi) is 2.46. The maximum absolute atomic E-state index is 11.8. The standard InChI is InChI=1S/C10H6N2O4S/c11-12-7-5-4-6-2-1-3-8(17(14,15)16)9(6)10(7)13/h1-5H,(H-,13,14,15,16)/p-1. The first-order valence-electron chi connectivity index (χ1n) is 4.49. The molecular weight excluding hydrogens is 244 g/mol. The van der Waals surface area contributed by atoms with E-state index < -0.39 is 20.8 Å². The van der Waals surface area contributed by atoms with Gasteiger partial charge in [0, 0.05) is 6.07 Å². The molecule has 0 aliphatic rings. The van der Waals surface area contributed by atoms with Gasteiger partial charge in [0.05, 0.1) is 4.90 Å². The molecule has 0 aliphatic carbocycles. The van der Waals surface area contributed by atoms with Crippen LogP contribution in [0.25, 0.3) is 15.7 Å². The molecule has 2 aromatic carbocycles. The van der Waals surface area contributed by atoms with Gasteiger partial charge in [-0.25, -0.2) is 8.42 Å². The number of hydrogen-bond acceptors (Lipinski definition) is 5. The van der Waals surface area contributed by atoms with E-state index in [0.29, 0.717) is 5.39 Å². The Labute approximate surface area is 96.5 Å². The van der Waals surface area contributed by atoms with Crippen molar-refractivity contribution in [2.45, 2.75) is 4.90 Å². The van der Waals surface area contributed by atoms with E-state index >= 15 is 0 Å². The lowest BCUT2D eigenvalue weighted by Crippen LogP contribution is -2.02. The summed E-state index contributed by atoms with van der Waals surface area (Å²) >= 11 is 0. The first kappa shape index (κ1) is 11.3. The van der Waals surface area contributed by atoms with Crippen LogP contribution in [0.5, 0.6) is 5.75 Å². The fourth-order valence-electron chi connectivity index (χ4n) is 1.59. The van der Waals surface area contributed by atoms with Crippen molar-refractivity contribution in [2.75, 3.05) is 0 Å². The molecule has 0 saturated carbocycles. The molecule has 2 rings (SSSR count). The third kappa shape index (κ3) is 1.80. The Morgan fingerprint density at radius 1 is 1.18 bits per heavy atom.